The molecular formula is C28H27N5O3S. The number of likely N-dealkylation sites (tertiary alicyclic amines) is 1. The summed E-state index contributed by atoms with van der Waals surface area (Å²) < 4.78 is 36.2. The van der Waals surface area contributed by atoms with Gasteiger partial charge < -0.3 is 14.6 Å². The molecule has 1 aliphatic heterocycles. The molecule has 0 saturated carbocycles. The molecular weight excluding hydrogens is 486 g/mol. The van der Waals surface area contributed by atoms with Crippen molar-refractivity contribution in [2.45, 2.75) is 23.8 Å². The minimum Gasteiger partial charge on any atom is -0.489 e. The van der Waals surface area contributed by atoms with Crippen molar-refractivity contribution >= 4 is 43.3 Å². The molecule has 1 aliphatic rings. The van der Waals surface area contributed by atoms with Crippen LogP contribution >= 0.6 is 0 Å². The molecule has 188 valence electrons. The van der Waals surface area contributed by atoms with Gasteiger partial charge in [0.05, 0.1) is 21.5 Å². The van der Waals surface area contributed by atoms with Crippen molar-refractivity contribution in [3.8, 4) is 5.75 Å². The third-order valence-corrected chi connectivity index (χ3v) is 8.54. The summed E-state index contributed by atoms with van der Waals surface area (Å²) in [6.45, 7) is 1.90. The smallest absolute Gasteiger partial charge is 0.269 e. The first-order chi connectivity index (χ1) is 18.0. The minimum absolute atomic E-state index is 0.0326. The van der Waals surface area contributed by atoms with Crippen LogP contribution in [0.1, 0.15) is 12.8 Å². The average molecular weight is 514 g/mol. The summed E-state index contributed by atoms with van der Waals surface area (Å²) in [6.07, 6.45) is 5.06. The summed E-state index contributed by atoms with van der Waals surface area (Å²) in [4.78, 5) is 14.6. The highest BCUT2D eigenvalue weighted by atomic mass is 32.2. The Morgan fingerprint density at radius 1 is 0.973 bits per heavy atom. The van der Waals surface area contributed by atoms with Crippen LogP contribution in [0, 0.1) is 0 Å². The molecule has 0 bridgehead atoms. The van der Waals surface area contributed by atoms with Crippen LogP contribution in [0.4, 0.5) is 11.5 Å². The van der Waals surface area contributed by atoms with Crippen LogP contribution in [0.5, 0.6) is 5.75 Å². The number of sulfonamides is 1. The van der Waals surface area contributed by atoms with Crippen LogP contribution in [0.25, 0.3) is 21.8 Å². The number of ether oxygens (including phenoxy) is 1. The van der Waals surface area contributed by atoms with Crippen molar-refractivity contribution in [1.29, 1.82) is 0 Å². The van der Waals surface area contributed by atoms with Crippen LogP contribution in [0.15, 0.2) is 90.2 Å². The maximum Gasteiger partial charge on any atom is 0.269 e. The van der Waals surface area contributed by atoms with Gasteiger partial charge in [-0.15, -0.1) is 0 Å². The quantitative estimate of drug-likeness (QED) is 0.339. The second-order valence-corrected chi connectivity index (χ2v) is 11.1. The summed E-state index contributed by atoms with van der Waals surface area (Å²) in [5, 5.41) is 1.46. The third kappa shape index (κ3) is 4.41. The van der Waals surface area contributed by atoms with Gasteiger partial charge in [0, 0.05) is 30.2 Å². The predicted octanol–water partition coefficient (Wildman–Crippen LogP) is 5.11. The molecule has 0 unspecified atom stereocenters. The molecule has 2 aromatic heterocycles. The van der Waals surface area contributed by atoms with Crippen LogP contribution in [0.2, 0.25) is 0 Å². The predicted molar refractivity (Wildman–Crippen MR) is 145 cm³/mol. The van der Waals surface area contributed by atoms with Crippen LogP contribution in [-0.2, 0) is 10.0 Å². The van der Waals surface area contributed by atoms with Crippen molar-refractivity contribution < 1.29 is 13.2 Å². The number of hydrogen-bond donors (Lipinski definition) is 1. The van der Waals surface area contributed by atoms with Gasteiger partial charge in [0.25, 0.3) is 10.0 Å². The van der Waals surface area contributed by atoms with Gasteiger partial charge in [0.15, 0.2) is 5.82 Å². The topological polar surface area (TPSA) is 91.4 Å². The van der Waals surface area contributed by atoms with E-state index in [1.807, 2.05) is 42.6 Å². The van der Waals surface area contributed by atoms with E-state index in [-0.39, 0.29) is 16.8 Å². The molecule has 8 nitrogen and oxygen atoms in total. The van der Waals surface area contributed by atoms with E-state index in [0.29, 0.717) is 22.3 Å². The zero-order valence-electron chi connectivity index (χ0n) is 20.4. The van der Waals surface area contributed by atoms with Gasteiger partial charge >= 0.3 is 0 Å². The molecule has 1 fully saturated rings. The number of piperidine rings is 1. The Morgan fingerprint density at radius 2 is 1.78 bits per heavy atom. The third-order valence-electron chi connectivity index (χ3n) is 6.81. The lowest BCUT2D eigenvalue weighted by molar-refractivity contribution is 0.116. The molecule has 1 N–H and O–H groups in total. The van der Waals surface area contributed by atoms with Crippen molar-refractivity contribution in [1.82, 2.24) is 19.9 Å². The summed E-state index contributed by atoms with van der Waals surface area (Å²) in [6, 6.07) is 21.4. The van der Waals surface area contributed by atoms with E-state index < -0.39 is 10.0 Å². The summed E-state index contributed by atoms with van der Waals surface area (Å²) in [5.74, 6) is 0.839. The maximum absolute atomic E-state index is 14.2. The molecule has 0 spiro atoms. The Bertz CT molecular complexity index is 1660. The molecule has 0 aliphatic carbocycles. The number of aromatic amines is 1. The number of rotatable bonds is 6. The largest absolute Gasteiger partial charge is 0.489 e. The first-order valence-electron chi connectivity index (χ1n) is 12.3. The van der Waals surface area contributed by atoms with Gasteiger partial charge in [-0.2, -0.15) is 0 Å². The Morgan fingerprint density at radius 3 is 2.59 bits per heavy atom. The van der Waals surface area contributed by atoms with Crippen LogP contribution < -0.4 is 9.04 Å². The lowest BCUT2D eigenvalue weighted by Gasteiger charge is -2.30. The zero-order valence-corrected chi connectivity index (χ0v) is 21.2. The van der Waals surface area contributed by atoms with Gasteiger partial charge in [0.1, 0.15) is 18.2 Å². The van der Waals surface area contributed by atoms with Gasteiger partial charge in [-0.25, -0.2) is 22.7 Å². The Kier molecular flexibility index (Phi) is 6.02. The number of fused-ring (bicyclic) bond motifs is 2. The summed E-state index contributed by atoms with van der Waals surface area (Å²) in [5.41, 5.74) is 2.01. The Balaban J connectivity index is 1.55. The van der Waals surface area contributed by atoms with Crippen molar-refractivity contribution in [2.75, 3.05) is 24.4 Å². The van der Waals surface area contributed by atoms with Gasteiger partial charge in [-0.3, -0.25) is 0 Å². The molecule has 37 heavy (non-hydrogen) atoms. The Hall–Kier alpha value is -3.95. The minimum atomic E-state index is -4.04. The number of aromatic nitrogens is 3. The fourth-order valence-electron chi connectivity index (χ4n) is 4.84. The number of anilines is 2. The fourth-order valence-corrected chi connectivity index (χ4v) is 6.31. The molecule has 9 heteroatoms. The highest BCUT2D eigenvalue weighted by molar-refractivity contribution is 7.93. The first-order valence-corrected chi connectivity index (χ1v) is 13.7. The molecule has 3 aromatic carbocycles. The SMILES string of the molecule is CN1CCC(Oc2cccc3ncnc(N(c4ccc5[nH]ccc5c4)S(=O)(=O)c4ccccc4)c23)CC1. The second-order valence-electron chi connectivity index (χ2n) is 9.30. The van der Waals surface area contributed by atoms with E-state index in [9.17, 15) is 8.42 Å². The molecule has 6 rings (SSSR count). The van der Waals surface area contributed by atoms with Crippen LogP contribution in [-0.4, -0.2) is 54.5 Å². The lowest BCUT2D eigenvalue weighted by Crippen LogP contribution is -2.35. The molecule has 0 atom stereocenters. The van der Waals surface area contributed by atoms with E-state index >= 15 is 0 Å². The molecule has 0 radical (unpaired) electrons. The Labute approximate surface area is 215 Å². The van der Waals surface area contributed by atoms with Gasteiger partial charge in [-0.1, -0.05) is 24.3 Å². The highest BCUT2D eigenvalue weighted by Gasteiger charge is 2.31. The van der Waals surface area contributed by atoms with E-state index in [1.165, 1.54) is 10.6 Å². The highest BCUT2D eigenvalue weighted by Crippen LogP contribution is 2.40. The van der Waals surface area contributed by atoms with Crippen molar-refractivity contribution in [2.24, 2.45) is 0 Å². The maximum atomic E-state index is 14.2. The fraction of sp³-hybridized carbons (Fsp3) is 0.214. The van der Waals surface area contributed by atoms with E-state index in [4.69, 9.17) is 4.74 Å². The molecule has 0 amide bonds. The molecule has 5 aromatic rings. The number of hydrogen-bond acceptors (Lipinski definition) is 6. The zero-order chi connectivity index (χ0) is 25.4. The second kappa shape index (κ2) is 9.49. The van der Waals surface area contributed by atoms with E-state index in [2.05, 4.69) is 26.9 Å². The molecule has 1 saturated heterocycles. The normalized spacial score (nSPS) is 15.3. The first kappa shape index (κ1) is 23.4. The number of benzene rings is 3. The lowest BCUT2D eigenvalue weighted by atomic mass is 10.1. The van der Waals surface area contributed by atoms with Crippen molar-refractivity contribution in [3.63, 3.8) is 0 Å². The molecule has 3 heterocycles. The monoisotopic (exact) mass is 513 g/mol. The van der Waals surface area contributed by atoms with Gasteiger partial charge in [0.2, 0.25) is 0 Å². The standard InChI is InChI=1S/C28H27N5O3S/c1-32-16-13-22(14-17-32)36-26-9-5-8-25-27(26)28(31-19-30-25)33(37(34,35)23-6-3-2-4-7-23)21-10-11-24-20(18-21)12-15-29-24/h2-12,15,18-19,22,29H,13-14,16-17H2,1H3. The van der Waals surface area contributed by atoms with E-state index in [1.54, 1.807) is 36.4 Å². The van der Waals surface area contributed by atoms with Gasteiger partial charge in [-0.05, 0) is 68.4 Å². The average Bonchev–Trinajstić information content (AvgIpc) is 3.39. The number of nitrogens with zero attached hydrogens (tertiary/aromatic N) is 4. The summed E-state index contributed by atoms with van der Waals surface area (Å²) in [7, 11) is -1.93. The van der Waals surface area contributed by atoms with Crippen LogP contribution in [0.3, 0.4) is 0 Å². The number of H-pyrrole nitrogens is 1. The number of nitrogens with one attached hydrogen (secondary N) is 1. The van der Waals surface area contributed by atoms with E-state index in [0.717, 1.165) is 36.8 Å². The van der Waals surface area contributed by atoms with Crippen molar-refractivity contribution in [3.05, 3.63) is 85.3 Å². The summed E-state index contributed by atoms with van der Waals surface area (Å²) >= 11 is 0.